The summed E-state index contributed by atoms with van der Waals surface area (Å²) < 4.78 is 69.5. The zero-order valence-corrected chi connectivity index (χ0v) is 13.6. The van der Waals surface area contributed by atoms with Crippen molar-refractivity contribution < 1.29 is 26.3 Å². The largest absolute Gasteiger partial charge is 0.467 e. The normalized spacial score (nSPS) is 16.3. The summed E-state index contributed by atoms with van der Waals surface area (Å²) in [5, 5.41) is 1.01. The van der Waals surface area contributed by atoms with Crippen molar-refractivity contribution in [3.63, 3.8) is 0 Å². The Morgan fingerprint density at radius 1 is 1.30 bits per heavy atom. The number of sulfonamides is 1. The smallest absolute Gasteiger partial charge is 0.361 e. The van der Waals surface area contributed by atoms with Crippen LogP contribution in [0.3, 0.4) is 0 Å². The predicted molar refractivity (Wildman–Crippen MR) is 79.2 cm³/mol. The molecule has 2 rings (SSSR count). The van der Waals surface area contributed by atoms with E-state index in [1.807, 2.05) is 0 Å². The molecule has 0 radical (unpaired) electrons. The van der Waals surface area contributed by atoms with Crippen molar-refractivity contribution in [2.24, 2.45) is 5.10 Å². The Kier molecular flexibility index (Phi) is 4.47. The lowest BCUT2D eigenvalue weighted by Crippen LogP contribution is -2.51. The van der Waals surface area contributed by atoms with Crippen LogP contribution in [0, 0.1) is 12.7 Å². The molecule has 0 fully saturated rings. The van der Waals surface area contributed by atoms with E-state index < -0.39 is 27.1 Å². The van der Waals surface area contributed by atoms with E-state index in [2.05, 4.69) is 5.10 Å². The Balaban J connectivity index is 2.40. The Hall–Kier alpha value is -1.97. The van der Waals surface area contributed by atoms with Crippen LogP contribution in [0.4, 0.5) is 18.9 Å². The SMILES string of the molecule is COC1=NN(c2ccc(C)cc2F)CCN1S(=O)(=O)C(C)(F)F. The highest BCUT2D eigenvalue weighted by Crippen LogP contribution is 2.28. The molecule has 10 heteroatoms. The summed E-state index contributed by atoms with van der Waals surface area (Å²) in [4.78, 5) is 0. The number of hydrogen-bond donors (Lipinski definition) is 0. The third-order valence-electron chi connectivity index (χ3n) is 3.24. The Bertz CT molecular complexity index is 732. The van der Waals surface area contributed by atoms with Gasteiger partial charge in [0.2, 0.25) is 0 Å². The molecule has 0 aliphatic carbocycles. The first-order valence-corrected chi connectivity index (χ1v) is 8.08. The minimum atomic E-state index is -4.96. The third kappa shape index (κ3) is 3.21. The molecule has 0 unspecified atom stereocenters. The number of methoxy groups -OCH3 is 1. The molecule has 0 amide bonds. The number of anilines is 1. The second kappa shape index (κ2) is 5.91. The maximum Gasteiger partial charge on any atom is 0.361 e. The van der Waals surface area contributed by atoms with Gasteiger partial charge >= 0.3 is 21.3 Å². The lowest BCUT2D eigenvalue weighted by Gasteiger charge is -2.33. The monoisotopic (exact) mass is 351 g/mol. The molecule has 0 aromatic heterocycles. The van der Waals surface area contributed by atoms with Crippen molar-refractivity contribution in [1.82, 2.24) is 4.31 Å². The van der Waals surface area contributed by atoms with Crippen LogP contribution in [0.2, 0.25) is 0 Å². The molecule has 1 aliphatic rings. The Morgan fingerprint density at radius 2 is 1.96 bits per heavy atom. The minimum Gasteiger partial charge on any atom is -0.467 e. The third-order valence-corrected chi connectivity index (χ3v) is 5.07. The summed E-state index contributed by atoms with van der Waals surface area (Å²) in [7, 11) is -3.86. The Morgan fingerprint density at radius 3 is 2.48 bits per heavy atom. The average Bonchev–Trinajstić information content (AvgIpc) is 2.45. The van der Waals surface area contributed by atoms with E-state index in [0.717, 1.165) is 7.11 Å². The molecule has 6 nitrogen and oxygen atoms in total. The summed E-state index contributed by atoms with van der Waals surface area (Å²) in [6, 6.07) is 3.88. The van der Waals surface area contributed by atoms with E-state index in [4.69, 9.17) is 4.74 Å². The number of amidine groups is 1. The number of nitrogens with zero attached hydrogens (tertiary/aromatic N) is 3. The molecule has 0 spiro atoms. The van der Waals surface area contributed by atoms with Gasteiger partial charge in [-0.15, -0.1) is 5.10 Å². The number of rotatable bonds is 3. The van der Waals surface area contributed by atoms with Crippen LogP contribution in [-0.2, 0) is 14.8 Å². The van der Waals surface area contributed by atoms with Gasteiger partial charge in [0.1, 0.15) is 5.82 Å². The molecular formula is C13H16F3N3O3S. The molecule has 0 saturated heterocycles. The van der Waals surface area contributed by atoms with E-state index in [-0.39, 0.29) is 25.7 Å². The maximum atomic E-state index is 14.0. The highest BCUT2D eigenvalue weighted by molar-refractivity contribution is 7.90. The maximum absolute atomic E-state index is 14.0. The lowest BCUT2D eigenvalue weighted by atomic mass is 10.2. The van der Waals surface area contributed by atoms with Crippen molar-refractivity contribution in [2.45, 2.75) is 19.1 Å². The lowest BCUT2D eigenvalue weighted by molar-refractivity contribution is 0.106. The van der Waals surface area contributed by atoms with E-state index >= 15 is 0 Å². The van der Waals surface area contributed by atoms with Crippen LogP contribution in [0.15, 0.2) is 23.3 Å². The highest BCUT2D eigenvalue weighted by atomic mass is 32.2. The van der Waals surface area contributed by atoms with Crippen molar-refractivity contribution in [3.05, 3.63) is 29.6 Å². The van der Waals surface area contributed by atoms with E-state index in [1.165, 1.54) is 17.1 Å². The Labute approximate surface area is 132 Å². The minimum absolute atomic E-state index is 0.0951. The van der Waals surface area contributed by atoms with Gasteiger partial charge in [-0.25, -0.2) is 8.70 Å². The number of hydrogen-bond acceptors (Lipinski definition) is 5. The highest BCUT2D eigenvalue weighted by Gasteiger charge is 2.47. The van der Waals surface area contributed by atoms with Gasteiger partial charge in [0.25, 0.3) is 0 Å². The molecule has 0 bridgehead atoms. The van der Waals surface area contributed by atoms with Crippen molar-refractivity contribution >= 4 is 21.7 Å². The summed E-state index contributed by atoms with van der Waals surface area (Å²) in [5.41, 5.74) is 0.805. The van der Waals surface area contributed by atoms with Gasteiger partial charge < -0.3 is 4.74 Å². The quantitative estimate of drug-likeness (QED) is 0.837. The zero-order valence-electron chi connectivity index (χ0n) is 12.8. The molecule has 23 heavy (non-hydrogen) atoms. The first kappa shape index (κ1) is 17.4. The summed E-state index contributed by atoms with van der Waals surface area (Å²) in [6.07, 6.45) is 0. The average molecular weight is 351 g/mol. The second-order valence-corrected chi connectivity index (χ2v) is 7.16. The molecule has 0 atom stereocenters. The standard InChI is InChI=1S/C13H16F3N3O3S/c1-9-4-5-11(10(14)8-9)18-6-7-19(12(17-18)22-3)23(20,21)13(2,15)16/h4-5,8H,6-7H2,1-3H3. The van der Waals surface area contributed by atoms with Gasteiger partial charge in [0.05, 0.1) is 25.9 Å². The molecule has 128 valence electrons. The molecule has 1 heterocycles. The number of halogens is 3. The predicted octanol–water partition coefficient (Wildman–Crippen LogP) is 2.12. The van der Waals surface area contributed by atoms with Gasteiger partial charge in [-0.3, -0.25) is 5.01 Å². The fourth-order valence-corrected chi connectivity index (χ4v) is 3.06. The van der Waals surface area contributed by atoms with Crippen molar-refractivity contribution in [3.8, 4) is 0 Å². The zero-order chi connectivity index (χ0) is 17.4. The molecule has 1 aromatic carbocycles. The first-order chi connectivity index (χ1) is 10.6. The van der Waals surface area contributed by atoms with Crippen LogP contribution >= 0.6 is 0 Å². The van der Waals surface area contributed by atoms with Gasteiger partial charge in [0.15, 0.2) is 0 Å². The fourth-order valence-electron chi connectivity index (χ4n) is 2.04. The molecule has 0 saturated carbocycles. The number of benzene rings is 1. The summed E-state index contributed by atoms with van der Waals surface area (Å²) in [5.74, 6) is -0.554. The van der Waals surface area contributed by atoms with Gasteiger partial charge in [-0.05, 0) is 24.6 Å². The van der Waals surface area contributed by atoms with Crippen LogP contribution in [0.25, 0.3) is 0 Å². The van der Waals surface area contributed by atoms with E-state index in [1.54, 1.807) is 13.0 Å². The topological polar surface area (TPSA) is 62.2 Å². The van der Waals surface area contributed by atoms with Crippen LogP contribution < -0.4 is 5.01 Å². The number of aryl methyl sites for hydroxylation is 1. The number of hydrazone groups is 1. The van der Waals surface area contributed by atoms with E-state index in [0.29, 0.717) is 9.87 Å². The number of ether oxygens (including phenoxy) is 1. The van der Waals surface area contributed by atoms with Crippen molar-refractivity contribution in [1.29, 1.82) is 0 Å². The van der Waals surface area contributed by atoms with Crippen molar-refractivity contribution in [2.75, 3.05) is 25.2 Å². The molecule has 0 N–H and O–H groups in total. The van der Waals surface area contributed by atoms with Crippen LogP contribution in [0.1, 0.15) is 12.5 Å². The molecular weight excluding hydrogens is 335 g/mol. The molecule has 1 aromatic rings. The van der Waals surface area contributed by atoms with Crippen LogP contribution in [-0.4, -0.2) is 44.2 Å². The van der Waals surface area contributed by atoms with E-state index in [9.17, 15) is 21.6 Å². The molecule has 1 aliphatic heterocycles. The van der Waals surface area contributed by atoms with Crippen LogP contribution in [0.5, 0.6) is 0 Å². The number of alkyl halides is 2. The van der Waals surface area contributed by atoms with Gasteiger partial charge in [-0.1, -0.05) is 6.07 Å². The summed E-state index contributed by atoms with van der Waals surface area (Å²) >= 11 is 0. The van der Waals surface area contributed by atoms with Gasteiger partial charge in [-0.2, -0.15) is 17.2 Å². The first-order valence-electron chi connectivity index (χ1n) is 6.64. The summed E-state index contributed by atoms with van der Waals surface area (Å²) in [6.45, 7) is 1.56. The second-order valence-electron chi connectivity index (χ2n) is 5.05. The van der Waals surface area contributed by atoms with Gasteiger partial charge in [0, 0.05) is 6.92 Å². The fraction of sp³-hybridized carbons (Fsp3) is 0.462.